The molecule has 1 amide bonds. The van der Waals surface area contributed by atoms with Crippen molar-refractivity contribution in [3.05, 3.63) is 41.3 Å². The number of benzene rings is 1. The van der Waals surface area contributed by atoms with E-state index >= 15 is 0 Å². The average Bonchev–Trinajstić information content (AvgIpc) is 3.03. The first-order valence-electron chi connectivity index (χ1n) is 7.66. The van der Waals surface area contributed by atoms with E-state index in [4.69, 9.17) is 0 Å². The Kier molecular flexibility index (Phi) is 6.69. The number of ether oxygens (including phenoxy) is 1. The summed E-state index contributed by atoms with van der Waals surface area (Å²) in [6, 6.07) is 10.2. The average molecular weight is 354 g/mol. The lowest BCUT2D eigenvalue weighted by molar-refractivity contribution is -0.0498. The molecule has 1 aromatic carbocycles. The second-order valence-electron chi connectivity index (χ2n) is 5.24. The van der Waals surface area contributed by atoms with E-state index in [0.717, 1.165) is 17.0 Å². The molecule has 1 heterocycles. The van der Waals surface area contributed by atoms with Gasteiger partial charge in [-0.3, -0.25) is 4.79 Å². The molecule has 4 nitrogen and oxygen atoms in total. The molecule has 2 aromatic rings. The molecule has 0 saturated carbocycles. The first kappa shape index (κ1) is 18.4. The minimum Gasteiger partial charge on any atom is -0.435 e. The molecule has 130 valence electrons. The number of alkyl halides is 2. The van der Waals surface area contributed by atoms with Crippen LogP contribution < -0.4 is 15.4 Å². The molecule has 2 rings (SSSR count). The zero-order chi connectivity index (χ0) is 17.5. The lowest BCUT2D eigenvalue weighted by atomic mass is 10.2. The van der Waals surface area contributed by atoms with E-state index in [0.29, 0.717) is 11.4 Å². The van der Waals surface area contributed by atoms with Gasteiger partial charge in [0, 0.05) is 17.5 Å². The smallest absolute Gasteiger partial charge is 0.387 e. The lowest BCUT2D eigenvalue weighted by Crippen LogP contribution is -2.38. The molecule has 1 aromatic heterocycles. The third kappa shape index (κ3) is 5.28. The highest BCUT2D eigenvalue weighted by molar-refractivity contribution is 7.17. The van der Waals surface area contributed by atoms with Crippen molar-refractivity contribution in [1.29, 1.82) is 0 Å². The molecule has 0 aliphatic carbocycles. The molecule has 0 unspecified atom stereocenters. The minimum atomic E-state index is -2.84. The predicted molar refractivity (Wildman–Crippen MR) is 91.9 cm³/mol. The van der Waals surface area contributed by atoms with Crippen LogP contribution >= 0.6 is 11.3 Å². The van der Waals surface area contributed by atoms with Crippen LogP contribution in [-0.4, -0.2) is 31.7 Å². The summed E-state index contributed by atoms with van der Waals surface area (Å²) in [4.78, 5) is 13.6. The molecule has 0 aliphatic heterocycles. The van der Waals surface area contributed by atoms with Gasteiger partial charge in [-0.1, -0.05) is 6.92 Å². The van der Waals surface area contributed by atoms with Gasteiger partial charge < -0.3 is 15.4 Å². The summed E-state index contributed by atoms with van der Waals surface area (Å²) in [6.07, 6.45) is 0. The monoisotopic (exact) mass is 354 g/mol. The van der Waals surface area contributed by atoms with E-state index < -0.39 is 6.61 Å². The summed E-state index contributed by atoms with van der Waals surface area (Å²) in [5, 5.41) is 6.11. The van der Waals surface area contributed by atoms with E-state index in [1.807, 2.05) is 19.9 Å². The zero-order valence-corrected chi connectivity index (χ0v) is 14.3. The maximum Gasteiger partial charge on any atom is 0.387 e. The summed E-state index contributed by atoms with van der Waals surface area (Å²) in [6.45, 7) is 2.59. The van der Waals surface area contributed by atoms with E-state index in [1.165, 1.54) is 23.5 Å². The number of nitrogens with one attached hydrogen (secondary N) is 2. The largest absolute Gasteiger partial charge is 0.435 e. The molecule has 0 bridgehead atoms. The normalized spacial score (nSPS) is 12.2. The van der Waals surface area contributed by atoms with Crippen molar-refractivity contribution in [1.82, 2.24) is 10.6 Å². The van der Waals surface area contributed by atoms with Crippen LogP contribution in [0.2, 0.25) is 0 Å². The van der Waals surface area contributed by atoms with Crippen LogP contribution in [-0.2, 0) is 0 Å². The molecule has 7 heteroatoms. The fourth-order valence-electron chi connectivity index (χ4n) is 2.17. The van der Waals surface area contributed by atoms with Gasteiger partial charge in [0.2, 0.25) is 0 Å². The molecule has 0 aliphatic rings. The molecule has 2 N–H and O–H groups in total. The van der Waals surface area contributed by atoms with Crippen molar-refractivity contribution >= 4 is 17.2 Å². The lowest BCUT2D eigenvalue weighted by Gasteiger charge is -2.12. The Hall–Kier alpha value is -1.99. The van der Waals surface area contributed by atoms with Crippen LogP contribution in [0.5, 0.6) is 5.75 Å². The third-order valence-corrected chi connectivity index (χ3v) is 4.45. The van der Waals surface area contributed by atoms with Crippen molar-refractivity contribution < 1.29 is 18.3 Å². The van der Waals surface area contributed by atoms with E-state index in [1.54, 1.807) is 18.2 Å². The van der Waals surface area contributed by atoms with E-state index in [-0.39, 0.29) is 17.7 Å². The summed E-state index contributed by atoms with van der Waals surface area (Å²) >= 11 is 1.36. The molecular formula is C17H20F2N2O2S. The molecule has 0 spiro atoms. The molecule has 0 radical (unpaired) electrons. The highest BCUT2D eigenvalue weighted by atomic mass is 32.1. The molecule has 0 fully saturated rings. The molecule has 1 atom stereocenters. The Balaban J connectivity index is 1.98. The highest BCUT2D eigenvalue weighted by Crippen LogP contribution is 2.29. The summed E-state index contributed by atoms with van der Waals surface area (Å²) < 4.78 is 28.6. The van der Waals surface area contributed by atoms with Gasteiger partial charge in [-0.05, 0) is 55.4 Å². The van der Waals surface area contributed by atoms with Crippen molar-refractivity contribution in [2.75, 3.05) is 13.1 Å². The summed E-state index contributed by atoms with van der Waals surface area (Å²) in [7, 11) is 0. The Morgan fingerprint density at radius 3 is 2.54 bits per heavy atom. The van der Waals surface area contributed by atoms with Gasteiger partial charge in [-0.25, -0.2) is 0 Å². The van der Waals surface area contributed by atoms with Gasteiger partial charge in [-0.2, -0.15) is 8.78 Å². The van der Waals surface area contributed by atoms with Crippen molar-refractivity contribution in [3.63, 3.8) is 0 Å². The van der Waals surface area contributed by atoms with Crippen LogP contribution in [0.15, 0.2) is 36.4 Å². The van der Waals surface area contributed by atoms with Crippen molar-refractivity contribution in [2.45, 2.75) is 26.5 Å². The van der Waals surface area contributed by atoms with Gasteiger partial charge in [-0.15, -0.1) is 11.3 Å². The van der Waals surface area contributed by atoms with Gasteiger partial charge in [0.05, 0.1) is 4.88 Å². The van der Waals surface area contributed by atoms with Crippen molar-refractivity contribution in [3.8, 4) is 16.2 Å². The second kappa shape index (κ2) is 8.75. The Morgan fingerprint density at radius 1 is 1.21 bits per heavy atom. The number of rotatable bonds is 8. The standard InChI is InChI=1S/C17H20F2N2O2S/c1-3-20-11(2)10-21-16(22)15-9-8-14(24-15)12-4-6-13(7-5-12)23-17(18)19/h4-9,11,17,20H,3,10H2,1-2H3,(H,21,22)/t11-/m1/s1. The number of carbonyl (C=O) groups excluding carboxylic acids is 1. The summed E-state index contributed by atoms with van der Waals surface area (Å²) in [5.41, 5.74) is 0.849. The predicted octanol–water partition coefficient (Wildman–Crippen LogP) is 3.74. The number of halogens is 2. The highest BCUT2D eigenvalue weighted by Gasteiger charge is 2.12. The van der Waals surface area contributed by atoms with Crippen molar-refractivity contribution in [2.24, 2.45) is 0 Å². The summed E-state index contributed by atoms with van der Waals surface area (Å²) in [5.74, 6) is -0.00524. The van der Waals surface area contributed by atoms with E-state index in [2.05, 4.69) is 15.4 Å². The number of amides is 1. The maximum absolute atomic E-state index is 12.1. The Morgan fingerprint density at radius 2 is 1.92 bits per heavy atom. The first-order chi connectivity index (χ1) is 11.5. The SMILES string of the molecule is CCN[C@H](C)CNC(=O)c1ccc(-c2ccc(OC(F)F)cc2)s1. The fraction of sp³-hybridized carbons (Fsp3) is 0.353. The van der Waals surface area contributed by atoms with E-state index in [9.17, 15) is 13.6 Å². The number of likely N-dealkylation sites (N-methyl/N-ethyl adjacent to an activating group) is 1. The number of carbonyl (C=O) groups is 1. The second-order valence-corrected chi connectivity index (χ2v) is 6.32. The van der Waals surface area contributed by atoms with Crippen LogP contribution in [0.4, 0.5) is 8.78 Å². The van der Waals surface area contributed by atoms with Gasteiger partial charge >= 0.3 is 6.61 Å². The molecule has 24 heavy (non-hydrogen) atoms. The zero-order valence-electron chi connectivity index (χ0n) is 13.5. The minimum absolute atomic E-state index is 0.112. The third-order valence-electron chi connectivity index (χ3n) is 3.32. The fourth-order valence-corrected chi connectivity index (χ4v) is 3.10. The maximum atomic E-state index is 12.1. The Bertz CT molecular complexity index is 659. The van der Waals surface area contributed by atoms with Crippen LogP contribution in [0, 0.1) is 0 Å². The van der Waals surface area contributed by atoms with Gasteiger partial charge in [0.15, 0.2) is 0 Å². The quantitative estimate of drug-likeness (QED) is 0.759. The van der Waals surface area contributed by atoms with Gasteiger partial charge in [0.1, 0.15) is 5.75 Å². The number of thiophene rings is 1. The number of hydrogen-bond donors (Lipinski definition) is 2. The van der Waals surface area contributed by atoms with Gasteiger partial charge in [0.25, 0.3) is 5.91 Å². The molecule has 0 saturated heterocycles. The van der Waals surface area contributed by atoms with Crippen LogP contribution in [0.3, 0.4) is 0 Å². The Labute approximate surface area is 143 Å². The topological polar surface area (TPSA) is 50.4 Å². The van der Waals surface area contributed by atoms with Crippen LogP contribution in [0.1, 0.15) is 23.5 Å². The molecular weight excluding hydrogens is 334 g/mol. The number of hydrogen-bond acceptors (Lipinski definition) is 4. The van der Waals surface area contributed by atoms with Crippen LogP contribution in [0.25, 0.3) is 10.4 Å². The first-order valence-corrected chi connectivity index (χ1v) is 8.48.